The lowest BCUT2D eigenvalue weighted by atomic mass is 9.82. The number of nitrogens with zero attached hydrogens (tertiary/aromatic N) is 2. The smallest absolute Gasteiger partial charge is 0.273 e. The first-order valence-electron chi connectivity index (χ1n) is 14.4. The highest BCUT2D eigenvalue weighted by atomic mass is 35.5. The Morgan fingerprint density at radius 1 is 0.837 bits per heavy atom. The van der Waals surface area contributed by atoms with Gasteiger partial charge in [0.15, 0.2) is 0 Å². The molecule has 0 amide bonds. The predicted octanol–water partition coefficient (Wildman–Crippen LogP) is 8.96. The first-order chi connectivity index (χ1) is 20.8. The molecule has 2 aliphatic rings. The zero-order valence-electron chi connectivity index (χ0n) is 24.1. The lowest BCUT2D eigenvalue weighted by Crippen LogP contribution is -2.16. The number of Topliss-reactive ketones (excluding diaryl/α,β-unsaturated/α-hetero) is 1. The fourth-order valence-electron chi connectivity index (χ4n) is 6.06. The predicted molar refractivity (Wildman–Crippen MR) is 171 cm³/mol. The number of methoxy groups -OCH3 is 2. The van der Waals surface area contributed by atoms with E-state index in [1.54, 1.807) is 37.1 Å². The number of carbonyl (C=O) groups excluding carboxylic acids is 2. The highest BCUT2D eigenvalue weighted by molar-refractivity contribution is 6.67. The van der Waals surface area contributed by atoms with Crippen LogP contribution in [-0.2, 0) is 11.2 Å². The molecule has 9 heteroatoms. The van der Waals surface area contributed by atoms with Crippen molar-refractivity contribution in [3.8, 4) is 17.2 Å². The van der Waals surface area contributed by atoms with Crippen LogP contribution in [0.4, 0.5) is 0 Å². The average Bonchev–Trinajstić information content (AvgIpc) is 3.42. The van der Waals surface area contributed by atoms with Gasteiger partial charge >= 0.3 is 0 Å². The minimum atomic E-state index is -0.564. The summed E-state index contributed by atoms with van der Waals surface area (Å²) in [4.78, 5) is 23.8. The standard InChI is InChI=1S/C21H17Cl3N2O2.C13H16O2/c1-28-14-5-2-4-12(10-14)15-6-3-7-16-19(21(24)27)25-26(20(15)16)18-9-8-13(22)11-17(18)23;1-15-11-6-4-5-10(9-11)12-7-2-3-8-13(12)14/h2,4-5,8-11,15H,3,6-7H2,1H3;4-6,9,12H,2-3,7-8H2,1H3. The number of hydrogen-bond donors (Lipinski definition) is 0. The van der Waals surface area contributed by atoms with Crippen molar-refractivity contribution in [3.63, 3.8) is 0 Å². The number of carbonyl (C=O) groups is 2. The summed E-state index contributed by atoms with van der Waals surface area (Å²) in [6.07, 6.45) is 6.55. The fraction of sp³-hybridized carbons (Fsp3) is 0.324. The molecule has 4 aromatic rings. The molecule has 0 spiro atoms. The van der Waals surface area contributed by atoms with E-state index in [2.05, 4.69) is 11.2 Å². The molecule has 2 atom stereocenters. The number of benzene rings is 3. The molecule has 1 aromatic heterocycles. The number of ether oxygens (including phenoxy) is 2. The van der Waals surface area contributed by atoms with Crippen LogP contribution in [0.2, 0.25) is 10.0 Å². The van der Waals surface area contributed by atoms with Crippen LogP contribution in [0.1, 0.15) is 83.2 Å². The van der Waals surface area contributed by atoms with Crippen LogP contribution in [0.5, 0.6) is 11.5 Å². The summed E-state index contributed by atoms with van der Waals surface area (Å²) in [6, 6.07) is 21.0. The summed E-state index contributed by atoms with van der Waals surface area (Å²) in [5.41, 5.74) is 4.98. The molecule has 0 radical (unpaired) electrons. The molecule has 1 saturated carbocycles. The third-order valence-corrected chi connectivity index (χ3v) is 8.86. The molecule has 1 heterocycles. The number of hydrogen-bond acceptors (Lipinski definition) is 5. The lowest BCUT2D eigenvalue weighted by molar-refractivity contribution is -0.121. The number of rotatable bonds is 6. The van der Waals surface area contributed by atoms with Gasteiger partial charge in [0, 0.05) is 28.8 Å². The van der Waals surface area contributed by atoms with Gasteiger partial charge in [-0.25, -0.2) is 4.68 Å². The molecule has 224 valence electrons. The van der Waals surface area contributed by atoms with Crippen molar-refractivity contribution in [2.24, 2.45) is 0 Å². The second-order valence-corrected chi connectivity index (χ2v) is 11.9. The van der Waals surface area contributed by atoms with E-state index >= 15 is 0 Å². The van der Waals surface area contributed by atoms with Gasteiger partial charge in [-0.2, -0.15) is 5.10 Å². The van der Waals surface area contributed by atoms with Crippen molar-refractivity contribution in [3.05, 3.63) is 105 Å². The first-order valence-corrected chi connectivity index (χ1v) is 15.5. The molecular weight excluding hydrogens is 607 g/mol. The van der Waals surface area contributed by atoms with Crippen LogP contribution < -0.4 is 9.47 Å². The maximum atomic E-state index is 12.1. The van der Waals surface area contributed by atoms with Crippen molar-refractivity contribution >= 4 is 45.8 Å². The number of halogens is 3. The van der Waals surface area contributed by atoms with Crippen LogP contribution in [0.15, 0.2) is 66.7 Å². The van der Waals surface area contributed by atoms with E-state index < -0.39 is 5.24 Å². The van der Waals surface area contributed by atoms with E-state index in [1.807, 2.05) is 42.5 Å². The zero-order chi connectivity index (χ0) is 30.5. The normalized spacial score (nSPS) is 17.8. The van der Waals surface area contributed by atoms with Gasteiger partial charge in [-0.3, -0.25) is 9.59 Å². The van der Waals surface area contributed by atoms with Crippen molar-refractivity contribution in [2.75, 3.05) is 14.2 Å². The largest absolute Gasteiger partial charge is 0.497 e. The average molecular weight is 640 g/mol. The Morgan fingerprint density at radius 3 is 2.09 bits per heavy atom. The van der Waals surface area contributed by atoms with E-state index in [1.165, 1.54) is 0 Å². The van der Waals surface area contributed by atoms with Crippen molar-refractivity contribution in [1.29, 1.82) is 0 Å². The van der Waals surface area contributed by atoms with E-state index in [-0.39, 0.29) is 17.5 Å². The first kappa shape index (κ1) is 31.1. The van der Waals surface area contributed by atoms with Gasteiger partial charge in [0.1, 0.15) is 23.0 Å². The number of fused-ring (bicyclic) bond motifs is 1. The molecular formula is C34H33Cl3N2O4. The Labute approximate surface area is 266 Å². The Kier molecular flexibility index (Phi) is 10.1. The molecule has 3 aromatic carbocycles. The third kappa shape index (κ3) is 6.93. The molecule has 6 rings (SSSR count). The Hall–Kier alpha value is -3.32. The summed E-state index contributed by atoms with van der Waals surface area (Å²) in [6.45, 7) is 0. The topological polar surface area (TPSA) is 70.4 Å². The number of aromatic nitrogens is 2. The van der Waals surface area contributed by atoms with Crippen molar-refractivity contribution in [1.82, 2.24) is 9.78 Å². The highest BCUT2D eigenvalue weighted by Gasteiger charge is 2.32. The van der Waals surface area contributed by atoms with Gasteiger partial charge in [0.2, 0.25) is 0 Å². The summed E-state index contributed by atoms with van der Waals surface area (Å²) >= 11 is 18.4. The Bertz CT molecular complexity index is 1630. The molecule has 0 saturated heterocycles. The maximum absolute atomic E-state index is 12.1. The van der Waals surface area contributed by atoms with Crippen LogP contribution >= 0.6 is 34.8 Å². The quantitative estimate of drug-likeness (QED) is 0.197. The Morgan fingerprint density at radius 2 is 1.49 bits per heavy atom. The molecule has 2 unspecified atom stereocenters. The molecule has 0 N–H and O–H groups in total. The van der Waals surface area contributed by atoms with Gasteiger partial charge in [-0.05, 0) is 97.3 Å². The van der Waals surface area contributed by atoms with E-state index in [4.69, 9.17) is 44.3 Å². The van der Waals surface area contributed by atoms with Crippen molar-refractivity contribution < 1.29 is 19.1 Å². The molecule has 6 nitrogen and oxygen atoms in total. The summed E-state index contributed by atoms with van der Waals surface area (Å²) in [5, 5.41) is 4.98. The SMILES string of the molecule is COc1cccc(C2CCCCC2=O)c1.COc1cccc(C2CCCc3c(C(=O)Cl)nn(-c4ccc(Cl)cc4Cl)c32)c1. The summed E-state index contributed by atoms with van der Waals surface area (Å²) < 4.78 is 12.3. The van der Waals surface area contributed by atoms with E-state index in [0.29, 0.717) is 21.5 Å². The van der Waals surface area contributed by atoms with Crippen LogP contribution in [0.3, 0.4) is 0 Å². The highest BCUT2D eigenvalue weighted by Crippen LogP contribution is 2.41. The molecule has 0 aliphatic heterocycles. The summed E-state index contributed by atoms with van der Waals surface area (Å²) in [5.74, 6) is 2.16. The van der Waals surface area contributed by atoms with E-state index in [9.17, 15) is 9.59 Å². The van der Waals surface area contributed by atoms with Gasteiger partial charge in [0.25, 0.3) is 5.24 Å². The van der Waals surface area contributed by atoms with Crippen LogP contribution in [-0.4, -0.2) is 35.0 Å². The minimum absolute atomic E-state index is 0.0443. The Balaban J connectivity index is 0.000000207. The zero-order valence-corrected chi connectivity index (χ0v) is 26.4. The second-order valence-electron chi connectivity index (χ2n) is 10.8. The minimum Gasteiger partial charge on any atom is -0.497 e. The van der Waals surface area contributed by atoms with Crippen molar-refractivity contribution in [2.45, 2.75) is 56.8 Å². The monoisotopic (exact) mass is 638 g/mol. The van der Waals surface area contributed by atoms with Gasteiger partial charge < -0.3 is 9.47 Å². The molecule has 2 aliphatic carbocycles. The molecule has 1 fully saturated rings. The van der Waals surface area contributed by atoms with Crippen LogP contribution in [0, 0.1) is 0 Å². The second kappa shape index (κ2) is 14.0. The molecule has 43 heavy (non-hydrogen) atoms. The fourth-order valence-corrected chi connectivity index (χ4v) is 6.70. The van der Waals surface area contributed by atoms with E-state index in [0.717, 1.165) is 78.8 Å². The number of ketones is 1. The van der Waals surface area contributed by atoms with Crippen LogP contribution in [0.25, 0.3) is 5.69 Å². The van der Waals surface area contributed by atoms with Gasteiger partial charge in [0.05, 0.1) is 30.6 Å². The lowest BCUT2D eigenvalue weighted by Gasteiger charge is -2.25. The van der Waals surface area contributed by atoms with Gasteiger partial charge in [-0.1, -0.05) is 53.9 Å². The molecule has 0 bridgehead atoms. The maximum Gasteiger partial charge on any atom is 0.273 e. The summed E-state index contributed by atoms with van der Waals surface area (Å²) in [7, 11) is 3.30. The van der Waals surface area contributed by atoms with Gasteiger partial charge in [-0.15, -0.1) is 0 Å². The third-order valence-electron chi connectivity index (χ3n) is 8.14.